The SMILES string of the molecule is FC(F)(F)c1ncc2c(n1)NCCO2. The van der Waals surface area contributed by atoms with Gasteiger partial charge in [-0.1, -0.05) is 0 Å². The van der Waals surface area contributed by atoms with Crippen LogP contribution in [0, 0.1) is 0 Å². The summed E-state index contributed by atoms with van der Waals surface area (Å²) in [5, 5.41) is 2.70. The Morgan fingerprint density at radius 3 is 2.93 bits per heavy atom. The van der Waals surface area contributed by atoms with E-state index >= 15 is 0 Å². The number of nitrogens with one attached hydrogen (secondary N) is 1. The zero-order chi connectivity index (χ0) is 10.2. The molecule has 14 heavy (non-hydrogen) atoms. The fourth-order valence-corrected chi connectivity index (χ4v) is 1.07. The molecule has 0 aliphatic carbocycles. The molecule has 76 valence electrons. The lowest BCUT2D eigenvalue weighted by atomic mass is 10.4. The largest absolute Gasteiger partial charge is 0.486 e. The van der Waals surface area contributed by atoms with E-state index in [1.165, 1.54) is 0 Å². The zero-order valence-electron chi connectivity index (χ0n) is 6.93. The topological polar surface area (TPSA) is 47.0 Å². The van der Waals surface area contributed by atoms with Crippen molar-refractivity contribution in [1.82, 2.24) is 9.97 Å². The van der Waals surface area contributed by atoms with Gasteiger partial charge in [0.2, 0.25) is 5.82 Å². The minimum absolute atomic E-state index is 0.0959. The molecular weight excluding hydrogens is 199 g/mol. The van der Waals surface area contributed by atoms with Gasteiger partial charge in [0.1, 0.15) is 6.61 Å². The van der Waals surface area contributed by atoms with Crippen molar-refractivity contribution >= 4 is 5.82 Å². The Kier molecular flexibility index (Phi) is 1.94. The van der Waals surface area contributed by atoms with Crippen LogP contribution in [0.4, 0.5) is 19.0 Å². The molecule has 0 atom stereocenters. The number of nitrogens with zero attached hydrogens (tertiary/aromatic N) is 2. The van der Waals surface area contributed by atoms with Crippen molar-refractivity contribution in [2.45, 2.75) is 6.18 Å². The molecule has 0 saturated heterocycles. The van der Waals surface area contributed by atoms with E-state index in [9.17, 15) is 13.2 Å². The van der Waals surface area contributed by atoms with Crippen LogP contribution < -0.4 is 10.1 Å². The van der Waals surface area contributed by atoms with E-state index in [-0.39, 0.29) is 11.6 Å². The summed E-state index contributed by atoms with van der Waals surface area (Å²) in [5.74, 6) is -0.808. The summed E-state index contributed by atoms with van der Waals surface area (Å²) in [4.78, 5) is 6.47. The van der Waals surface area contributed by atoms with Crippen LogP contribution in [0.2, 0.25) is 0 Å². The Morgan fingerprint density at radius 2 is 2.21 bits per heavy atom. The maximum atomic E-state index is 12.2. The van der Waals surface area contributed by atoms with Gasteiger partial charge in [-0.2, -0.15) is 13.2 Å². The van der Waals surface area contributed by atoms with Gasteiger partial charge in [0.15, 0.2) is 11.6 Å². The van der Waals surface area contributed by atoms with Gasteiger partial charge in [0.05, 0.1) is 12.7 Å². The van der Waals surface area contributed by atoms with Crippen LogP contribution in [0.5, 0.6) is 5.75 Å². The predicted molar refractivity (Wildman–Crippen MR) is 41.0 cm³/mol. The van der Waals surface area contributed by atoms with Crippen molar-refractivity contribution in [3.05, 3.63) is 12.0 Å². The maximum absolute atomic E-state index is 12.2. The van der Waals surface area contributed by atoms with Gasteiger partial charge in [-0.25, -0.2) is 9.97 Å². The van der Waals surface area contributed by atoms with E-state index < -0.39 is 12.0 Å². The van der Waals surface area contributed by atoms with Crippen molar-refractivity contribution < 1.29 is 17.9 Å². The molecule has 4 nitrogen and oxygen atoms in total. The Balaban J connectivity index is 2.39. The first-order chi connectivity index (χ1) is 6.57. The molecule has 1 aromatic rings. The number of fused-ring (bicyclic) bond motifs is 1. The molecule has 0 bridgehead atoms. The third-order valence-corrected chi connectivity index (χ3v) is 1.66. The van der Waals surface area contributed by atoms with E-state index in [1.54, 1.807) is 0 Å². The normalized spacial score (nSPS) is 15.4. The van der Waals surface area contributed by atoms with Crippen LogP contribution in [0.15, 0.2) is 6.20 Å². The minimum Gasteiger partial charge on any atom is -0.486 e. The summed E-state index contributed by atoms with van der Waals surface area (Å²) in [6.07, 6.45) is -3.49. The molecule has 1 aromatic heterocycles. The number of hydrogen-bond acceptors (Lipinski definition) is 4. The van der Waals surface area contributed by atoms with E-state index in [0.717, 1.165) is 6.20 Å². The molecule has 1 aliphatic heterocycles. The molecule has 0 saturated carbocycles. The molecule has 1 N–H and O–H groups in total. The second kappa shape index (κ2) is 3.00. The Hall–Kier alpha value is -1.53. The van der Waals surface area contributed by atoms with Gasteiger partial charge >= 0.3 is 6.18 Å². The van der Waals surface area contributed by atoms with Gasteiger partial charge in [-0.15, -0.1) is 0 Å². The summed E-state index contributed by atoms with van der Waals surface area (Å²) in [6.45, 7) is 0.850. The quantitative estimate of drug-likeness (QED) is 0.693. The van der Waals surface area contributed by atoms with E-state index in [2.05, 4.69) is 15.3 Å². The van der Waals surface area contributed by atoms with E-state index in [4.69, 9.17) is 4.74 Å². The predicted octanol–water partition coefficient (Wildman–Crippen LogP) is 1.30. The third kappa shape index (κ3) is 1.57. The van der Waals surface area contributed by atoms with E-state index in [1.807, 2.05) is 0 Å². The average molecular weight is 205 g/mol. The third-order valence-electron chi connectivity index (χ3n) is 1.66. The van der Waals surface area contributed by atoms with Gasteiger partial charge in [-0.3, -0.25) is 0 Å². The Labute approximate surface area is 77.1 Å². The fraction of sp³-hybridized carbons (Fsp3) is 0.429. The zero-order valence-corrected chi connectivity index (χ0v) is 6.93. The van der Waals surface area contributed by atoms with Crippen LogP contribution in [0.25, 0.3) is 0 Å². The van der Waals surface area contributed by atoms with Gasteiger partial charge in [0, 0.05) is 0 Å². The highest BCUT2D eigenvalue weighted by Gasteiger charge is 2.35. The molecule has 7 heteroatoms. The smallest absolute Gasteiger partial charge is 0.451 e. The second-order valence-corrected chi connectivity index (χ2v) is 2.68. The monoisotopic (exact) mass is 205 g/mol. The number of rotatable bonds is 0. The number of alkyl halides is 3. The first kappa shape index (κ1) is 9.04. The molecule has 2 heterocycles. The Morgan fingerprint density at radius 1 is 1.43 bits per heavy atom. The highest BCUT2D eigenvalue weighted by Crippen LogP contribution is 2.30. The molecule has 0 amide bonds. The van der Waals surface area contributed by atoms with Crippen LogP contribution in [0.3, 0.4) is 0 Å². The molecule has 0 unspecified atom stereocenters. The summed E-state index contributed by atoms with van der Waals surface area (Å²) in [5.41, 5.74) is 0. The lowest BCUT2D eigenvalue weighted by Crippen LogP contribution is -2.21. The van der Waals surface area contributed by atoms with Crippen LogP contribution >= 0.6 is 0 Å². The lowest BCUT2D eigenvalue weighted by Gasteiger charge is -2.18. The summed E-state index contributed by atoms with van der Waals surface area (Å²) in [7, 11) is 0. The van der Waals surface area contributed by atoms with Crippen molar-refractivity contribution in [3.8, 4) is 5.75 Å². The number of ether oxygens (including phenoxy) is 1. The summed E-state index contributed by atoms with van der Waals surface area (Å²) < 4.78 is 41.5. The van der Waals surface area contributed by atoms with Gasteiger partial charge in [0.25, 0.3) is 0 Å². The fourth-order valence-electron chi connectivity index (χ4n) is 1.07. The first-order valence-corrected chi connectivity index (χ1v) is 3.88. The van der Waals surface area contributed by atoms with Crippen molar-refractivity contribution in [3.63, 3.8) is 0 Å². The van der Waals surface area contributed by atoms with Crippen LogP contribution in [0.1, 0.15) is 5.82 Å². The van der Waals surface area contributed by atoms with Gasteiger partial charge in [-0.05, 0) is 0 Å². The Bertz CT molecular complexity index is 353. The van der Waals surface area contributed by atoms with E-state index in [0.29, 0.717) is 13.2 Å². The molecule has 1 aliphatic rings. The molecule has 0 radical (unpaired) electrons. The van der Waals surface area contributed by atoms with Crippen molar-refractivity contribution in [2.24, 2.45) is 0 Å². The van der Waals surface area contributed by atoms with Crippen molar-refractivity contribution in [2.75, 3.05) is 18.5 Å². The standard InChI is InChI=1S/C7H6F3N3O/c8-7(9,10)6-12-3-4-5(13-6)11-1-2-14-4/h3H,1-2H2,(H,11,12,13). The average Bonchev–Trinajstić information content (AvgIpc) is 2.16. The van der Waals surface area contributed by atoms with Crippen molar-refractivity contribution in [1.29, 1.82) is 0 Å². The molecule has 2 rings (SSSR count). The number of halogens is 3. The number of anilines is 1. The van der Waals surface area contributed by atoms with Crippen LogP contribution in [-0.2, 0) is 6.18 Å². The summed E-state index contributed by atoms with van der Waals surface area (Å²) in [6, 6.07) is 0. The molecule has 0 spiro atoms. The number of hydrogen-bond donors (Lipinski definition) is 1. The highest BCUT2D eigenvalue weighted by atomic mass is 19.4. The minimum atomic E-state index is -4.52. The molecular formula is C7H6F3N3O. The lowest BCUT2D eigenvalue weighted by molar-refractivity contribution is -0.144. The summed E-state index contributed by atoms with van der Waals surface area (Å²) >= 11 is 0. The number of aromatic nitrogens is 2. The highest BCUT2D eigenvalue weighted by molar-refractivity contribution is 5.50. The first-order valence-electron chi connectivity index (χ1n) is 3.88. The van der Waals surface area contributed by atoms with Crippen LogP contribution in [-0.4, -0.2) is 23.1 Å². The second-order valence-electron chi connectivity index (χ2n) is 2.68. The molecule has 0 fully saturated rings. The van der Waals surface area contributed by atoms with Gasteiger partial charge < -0.3 is 10.1 Å². The molecule has 0 aromatic carbocycles. The maximum Gasteiger partial charge on any atom is 0.451 e.